The summed E-state index contributed by atoms with van der Waals surface area (Å²) in [6.07, 6.45) is 4.82. The Morgan fingerprint density at radius 3 is 2.58 bits per heavy atom. The lowest BCUT2D eigenvalue weighted by molar-refractivity contribution is -0.134. The van der Waals surface area contributed by atoms with Gasteiger partial charge in [0, 0.05) is 18.1 Å². The number of fused-ring (bicyclic) bond motifs is 1. The molecule has 0 aromatic heterocycles. The number of hydrogen-bond donors (Lipinski definition) is 0. The van der Waals surface area contributed by atoms with Crippen molar-refractivity contribution in [1.29, 1.82) is 0 Å². The SMILES string of the molecule is CC(C)CN(CC1=CCC2CC1C2(C)C)C(=O)COc1ccc(Cl)cc1. The van der Waals surface area contributed by atoms with Gasteiger partial charge in [0.25, 0.3) is 5.91 Å². The number of amides is 1. The Labute approximate surface area is 162 Å². The van der Waals surface area contributed by atoms with Crippen LogP contribution in [-0.2, 0) is 4.79 Å². The standard InChI is InChI=1S/C22H30ClNO2/c1-15(2)12-24(13-16-5-6-17-11-20(16)22(17,3)4)21(25)14-26-19-9-7-18(23)8-10-19/h5,7-10,15,17,20H,6,11-14H2,1-4H3. The Morgan fingerprint density at radius 1 is 1.31 bits per heavy atom. The van der Waals surface area contributed by atoms with Crippen LogP contribution >= 0.6 is 11.6 Å². The number of rotatable bonds is 7. The van der Waals surface area contributed by atoms with E-state index in [0.29, 0.717) is 28.0 Å². The second-order valence-corrected chi connectivity index (χ2v) is 9.17. The van der Waals surface area contributed by atoms with Crippen LogP contribution in [0.3, 0.4) is 0 Å². The van der Waals surface area contributed by atoms with Gasteiger partial charge in [0.2, 0.25) is 0 Å². The van der Waals surface area contributed by atoms with Gasteiger partial charge in [-0.1, -0.05) is 50.9 Å². The Kier molecular flexibility index (Phi) is 5.67. The number of carbonyl (C=O) groups excluding carboxylic acids is 1. The molecule has 0 N–H and O–H groups in total. The third kappa shape index (κ3) is 4.09. The van der Waals surface area contributed by atoms with Crippen molar-refractivity contribution in [2.24, 2.45) is 23.2 Å². The highest BCUT2D eigenvalue weighted by molar-refractivity contribution is 6.30. The minimum absolute atomic E-state index is 0.0498. The van der Waals surface area contributed by atoms with Gasteiger partial charge < -0.3 is 9.64 Å². The summed E-state index contributed by atoms with van der Waals surface area (Å²) >= 11 is 5.89. The van der Waals surface area contributed by atoms with Gasteiger partial charge in [0.1, 0.15) is 5.75 Å². The number of benzene rings is 1. The predicted molar refractivity (Wildman–Crippen MR) is 106 cm³/mol. The van der Waals surface area contributed by atoms with Gasteiger partial charge in [-0.15, -0.1) is 0 Å². The molecule has 1 aromatic carbocycles. The zero-order chi connectivity index (χ0) is 18.9. The first-order chi connectivity index (χ1) is 12.3. The molecule has 142 valence electrons. The molecular formula is C22H30ClNO2. The van der Waals surface area contributed by atoms with Crippen molar-refractivity contribution in [3.05, 3.63) is 40.9 Å². The molecule has 26 heavy (non-hydrogen) atoms. The van der Waals surface area contributed by atoms with Crippen molar-refractivity contribution in [2.45, 2.75) is 40.5 Å². The molecule has 1 saturated carbocycles. The van der Waals surface area contributed by atoms with E-state index in [1.54, 1.807) is 24.3 Å². The average molecular weight is 376 g/mol. The first kappa shape index (κ1) is 19.3. The fraction of sp³-hybridized carbons (Fsp3) is 0.591. The van der Waals surface area contributed by atoms with Crippen LogP contribution in [0.5, 0.6) is 5.75 Å². The zero-order valence-corrected chi connectivity index (χ0v) is 17.1. The molecule has 0 aliphatic heterocycles. The van der Waals surface area contributed by atoms with Gasteiger partial charge >= 0.3 is 0 Å². The quantitative estimate of drug-likeness (QED) is 0.613. The van der Waals surface area contributed by atoms with Crippen LogP contribution < -0.4 is 4.74 Å². The molecule has 1 fully saturated rings. The molecule has 1 amide bonds. The minimum atomic E-state index is 0.0498. The Balaban J connectivity index is 1.63. The molecule has 3 nitrogen and oxygen atoms in total. The normalized spacial score (nSPS) is 23.2. The summed E-state index contributed by atoms with van der Waals surface area (Å²) in [6.45, 7) is 10.6. The number of carbonyl (C=O) groups is 1. The number of allylic oxidation sites excluding steroid dienone is 1. The van der Waals surface area contributed by atoms with E-state index >= 15 is 0 Å². The van der Waals surface area contributed by atoms with Gasteiger partial charge in [-0.25, -0.2) is 0 Å². The third-order valence-electron chi connectivity index (χ3n) is 6.07. The van der Waals surface area contributed by atoms with E-state index in [1.165, 1.54) is 12.0 Å². The smallest absolute Gasteiger partial charge is 0.260 e. The summed E-state index contributed by atoms with van der Waals surface area (Å²) in [6, 6.07) is 7.14. The molecule has 4 rings (SSSR count). The van der Waals surface area contributed by atoms with Gasteiger partial charge in [-0.2, -0.15) is 0 Å². The molecule has 1 aromatic rings. The fourth-order valence-electron chi connectivity index (χ4n) is 4.34. The molecule has 2 unspecified atom stereocenters. The number of ether oxygens (including phenoxy) is 1. The molecule has 2 atom stereocenters. The van der Waals surface area contributed by atoms with E-state index in [0.717, 1.165) is 25.4 Å². The lowest BCUT2D eigenvalue weighted by atomic mass is 9.49. The van der Waals surface area contributed by atoms with Gasteiger partial charge in [-0.05, 0) is 60.3 Å². The Bertz CT molecular complexity index is 678. The molecule has 2 bridgehead atoms. The van der Waals surface area contributed by atoms with Crippen molar-refractivity contribution in [3.8, 4) is 5.75 Å². The summed E-state index contributed by atoms with van der Waals surface area (Å²) in [5, 5.41) is 0.663. The van der Waals surface area contributed by atoms with E-state index in [-0.39, 0.29) is 12.5 Å². The maximum Gasteiger partial charge on any atom is 0.260 e. The maximum absolute atomic E-state index is 12.8. The van der Waals surface area contributed by atoms with Crippen molar-refractivity contribution in [3.63, 3.8) is 0 Å². The maximum atomic E-state index is 12.8. The summed E-state index contributed by atoms with van der Waals surface area (Å²) < 4.78 is 5.68. The lowest BCUT2D eigenvalue weighted by Gasteiger charge is -2.57. The highest BCUT2D eigenvalue weighted by Gasteiger charge is 2.51. The topological polar surface area (TPSA) is 29.5 Å². The molecule has 4 heteroatoms. The summed E-state index contributed by atoms with van der Waals surface area (Å²) in [5.41, 5.74) is 1.83. The molecule has 0 spiro atoms. The number of hydrogen-bond acceptors (Lipinski definition) is 2. The van der Waals surface area contributed by atoms with Crippen LogP contribution in [0.1, 0.15) is 40.5 Å². The first-order valence-corrected chi connectivity index (χ1v) is 10.00. The monoisotopic (exact) mass is 375 g/mol. The van der Waals surface area contributed by atoms with E-state index < -0.39 is 0 Å². The van der Waals surface area contributed by atoms with Crippen molar-refractivity contribution < 1.29 is 9.53 Å². The van der Waals surface area contributed by atoms with Crippen LogP contribution in [0.25, 0.3) is 0 Å². The third-order valence-corrected chi connectivity index (χ3v) is 6.32. The molecule has 3 aliphatic rings. The minimum Gasteiger partial charge on any atom is -0.484 e. The fourth-order valence-corrected chi connectivity index (χ4v) is 4.46. The van der Waals surface area contributed by atoms with Crippen molar-refractivity contribution in [1.82, 2.24) is 4.90 Å². The van der Waals surface area contributed by atoms with Crippen LogP contribution in [0, 0.1) is 23.2 Å². The molecule has 3 aliphatic carbocycles. The van der Waals surface area contributed by atoms with Crippen molar-refractivity contribution in [2.75, 3.05) is 19.7 Å². The zero-order valence-electron chi connectivity index (χ0n) is 16.3. The lowest BCUT2D eigenvalue weighted by Crippen LogP contribution is -2.50. The largest absolute Gasteiger partial charge is 0.484 e. The van der Waals surface area contributed by atoms with Gasteiger partial charge in [0.05, 0.1) is 0 Å². The summed E-state index contributed by atoms with van der Waals surface area (Å²) in [4.78, 5) is 14.8. The van der Waals surface area contributed by atoms with E-state index in [2.05, 4.69) is 33.8 Å². The molecule has 0 heterocycles. The average Bonchev–Trinajstić information content (AvgIpc) is 2.60. The number of nitrogens with zero attached hydrogens (tertiary/aromatic N) is 1. The Hall–Kier alpha value is -1.48. The second kappa shape index (κ2) is 7.64. The van der Waals surface area contributed by atoms with E-state index in [9.17, 15) is 4.79 Å². The Morgan fingerprint density at radius 2 is 2.00 bits per heavy atom. The van der Waals surface area contributed by atoms with E-state index in [4.69, 9.17) is 16.3 Å². The van der Waals surface area contributed by atoms with Crippen LogP contribution in [0.2, 0.25) is 5.02 Å². The second-order valence-electron chi connectivity index (χ2n) is 8.73. The highest BCUT2D eigenvalue weighted by Crippen LogP contribution is 2.59. The van der Waals surface area contributed by atoms with Crippen LogP contribution in [0.15, 0.2) is 35.9 Å². The summed E-state index contributed by atoms with van der Waals surface area (Å²) in [5.74, 6) is 2.60. The van der Waals surface area contributed by atoms with Crippen LogP contribution in [-0.4, -0.2) is 30.5 Å². The molecular weight excluding hydrogens is 346 g/mol. The van der Waals surface area contributed by atoms with Crippen LogP contribution in [0.4, 0.5) is 0 Å². The van der Waals surface area contributed by atoms with Crippen molar-refractivity contribution >= 4 is 17.5 Å². The van der Waals surface area contributed by atoms with E-state index in [1.807, 2.05) is 4.90 Å². The summed E-state index contributed by atoms with van der Waals surface area (Å²) in [7, 11) is 0. The number of halogens is 1. The highest BCUT2D eigenvalue weighted by atomic mass is 35.5. The molecule has 0 saturated heterocycles. The van der Waals surface area contributed by atoms with Gasteiger partial charge in [-0.3, -0.25) is 4.79 Å². The molecule has 0 radical (unpaired) electrons. The predicted octanol–water partition coefficient (Wildman–Crippen LogP) is 5.20. The first-order valence-electron chi connectivity index (χ1n) is 9.62. The van der Waals surface area contributed by atoms with Gasteiger partial charge in [0.15, 0.2) is 6.61 Å².